The molecule has 1 saturated heterocycles. The fraction of sp³-hybridized carbons (Fsp3) is 0.294. The lowest BCUT2D eigenvalue weighted by Gasteiger charge is -2.20. The maximum absolute atomic E-state index is 12.5. The molecule has 0 unspecified atom stereocenters. The number of hydrogen-bond acceptors (Lipinski definition) is 4. The number of carbonyl (C=O) groups is 2. The Kier molecular flexibility index (Phi) is 4.69. The van der Waals surface area contributed by atoms with Gasteiger partial charge in [-0.3, -0.25) is 9.59 Å². The van der Waals surface area contributed by atoms with Gasteiger partial charge in [0.1, 0.15) is 6.04 Å². The lowest BCUT2D eigenvalue weighted by molar-refractivity contribution is -0.121. The molecule has 24 heavy (non-hydrogen) atoms. The highest BCUT2D eigenvalue weighted by Crippen LogP contribution is 2.19. The first-order chi connectivity index (χ1) is 11.6. The van der Waals surface area contributed by atoms with Gasteiger partial charge in [-0.05, 0) is 18.4 Å². The topological polar surface area (TPSA) is 94.1 Å². The third-order valence-electron chi connectivity index (χ3n) is 4.00. The minimum Gasteiger partial charge on any atom is -0.368 e. The zero-order valence-corrected chi connectivity index (χ0v) is 13.2. The van der Waals surface area contributed by atoms with Gasteiger partial charge in [-0.15, -0.1) is 5.10 Å². The molecule has 1 aromatic heterocycles. The molecular weight excluding hydrogens is 306 g/mol. The first-order valence-corrected chi connectivity index (χ1v) is 7.87. The predicted octanol–water partition coefficient (Wildman–Crippen LogP) is 1.08. The molecule has 7 heteroatoms. The molecule has 0 radical (unpaired) electrons. The van der Waals surface area contributed by atoms with E-state index in [2.05, 4.69) is 10.3 Å². The third kappa shape index (κ3) is 3.51. The van der Waals surface area contributed by atoms with Crippen LogP contribution in [0.4, 0.5) is 0 Å². The maximum Gasteiger partial charge on any atom is 0.276 e. The van der Waals surface area contributed by atoms with E-state index >= 15 is 0 Å². The van der Waals surface area contributed by atoms with Crippen LogP contribution in [-0.4, -0.2) is 44.3 Å². The van der Waals surface area contributed by atoms with E-state index in [1.807, 2.05) is 42.5 Å². The Labute approximate surface area is 139 Å². The number of nitrogens with two attached hydrogens (primary N) is 1. The van der Waals surface area contributed by atoms with E-state index in [1.54, 1.807) is 10.9 Å². The Bertz CT molecular complexity index is 753. The van der Waals surface area contributed by atoms with Gasteiger partial charge in [0.15, 0.2) is 5.69 Å². The number of primary amides is 1. The van der Waals surface area contributed by atoms with Crippen LogP contribution in [0, 0.1) is 0 Å². The summed E-state index contributed by atoms with van der Waals surface area (Å²) >= 11 is 0. The average Bonchev–Trinajstić information content (AvgIpc) is 3.25. The Morgan fingerprint density at radius 1 is 1.29 bits per heavy atom. The minimum atomic E-state index is -0.541. The Morgan fingerprint density at radius 2 is 2.08 bits per heavy atom. The smallest absolute Gasteiger partial charge is 0.276 e. The fourth-order valence-corrected chi connectivity index (χ4v) is 2.80. The van der Waals surface area contributed by atoms with Crippen molar-refractivity contribution in [2.45, 2.75) is 25.4 Å². The van der Waals surface area contributed by atoms with Crippen LogP contribution in [0.2, 0.25) is 0 Å². The van der Waals surface area contributed by atoms with E-state index < -0.39 is 11.9 Å². The number of nitrogens with zero attached hydrogens (tertiary/aromatic N) is 4. The van der Waals surface area contributed by atoms with Gasteiger partial charge in [-0.2, -0.15) is 0 Å². The van der Waals surface area contributed by atoms with Crippen LogP contribution in [0.25, 0.3) is 6.08 Å². The zero-order chi connectivity index (χ0) is 16.9. The number of carbonyl (C=O) groups excluding carboxylic acids is 2. The molecule has 1 aromatic carbocycles. The molecule has 2 amide bonds. The second-order valence-electron chi connectivity index (χ2n) is 5.70. The molecule has 3 rings (SSSR count). The van der Waals surface area contributed by atoms with Crippen molar-refractivity contribution in [3.05, 3.63) is 53.9 Å². The van der Waals surface area contributed by atoms with Crippen LogP contribution in [0.1, 0.15) is 28.9 Å². The van der Waals surface area contributed by atoms with Crippen LogP contribution in [-0.2, 0) is 11.3 Å². The molecule has 1 aliphatic rings. The van der Waals surface area contributed by atoms with Crippen LogP contribution >= 0.6 is 0 Å². The van der Waals surface area contributed by atoms with Crippen molar-refractivity contribution in [3.8, 4) is 0 Å². The van der Waals surface area contributed by atoms with Gasteiger partial charge >= 0.3 is 0 Å². The summed E-state index contributed by atoms with van der Waals surface area (Å²) in [5.74, 6) is -0.770. The number of hydrogen-bond donors (Lipinski definition) is 1. The number of aromatic nitrogens is 3. The van der Waals surface area contributed by atoms with Gasteiger partial charge < -0.3 is 10.6 Å². The van der Waals surface area contributed by atoms with Gasteiger partial charge in [0.25, 0.3) is 5.91 Å². The zero-order valence-electron chi connectivity index (χ0n) is 13.2. The molecule has 7 nitrogen and oxygen atoms in total. The van der Waals surface area contributed by atoms with Crippen molar-refractivity contribution in [1.29, 1.82) is 0 Å². The van der Waals surface area contributed by atoms with Gasteiger partial charge in [0.05, 0.1) is 12.7 Å². The highest BCUT2D eigenvalue weighted by Gasteiger charge is 2.34. The highest BCUT2D eigenvalue weighted by molar-refractivity contribution is 5.95. The van der Waals surface area contributed by atoms with Crippen LogP contribution in [0.15, 0.2) is 42.6 Å². The monoisotopic (exact) mass is 325 g/mol. The number of benzene rings is 1. The predicted molar refractivity (Wildman–Crippen MR) is 88.8 cm³/mol. The summed E-state index contributed by atoms with van der Waals surface area (Å²) in [5.41, 5.74) is 6.67. The normalized spacial score (nSPS) is 17.5. The standard InChI is InChI=1S/C17H19N5O2/c18-16(23)15-9-5-11-22(15)17(24)14-12-21(20-19-14)10-4-8-13-6-2-1-3-7-13/h1-4,6-8,12,15H,5,9-11H2,(H2,18,23)/t15-/m0/s1. The Balaban J connectivity index is 1.64. The summed E-state index contributed by atoms with van der Waals surface area (Å²) in [7, 11) is 0. The summed E-state index contributed by atoms with van der Waals surface area (Å²) in [4.78, 5) is 25.3. The second kappa shape index (κ2) is 7.08. The molecule has 0 spiro atoms. The van der Waals surface area contributed by atoms with E-state index in [1.165, 1.54) is 4.90 Å². The minimum absolute atomic E-state index is 0.233. The highest BCUT2D eigenvalue weighted by atomic mass is 16.2. The summed E-state index contributed by atoms with van der Waals surface area (Å²) in [5, 5.41) is 7.88. The fourth-order valence-electron chi connectivity index (χ4n) is 2.80. The number of rotatable bonds is 5. The van der Waals surface area contributed by atoms with E-state index in [0.29, 0.717) is 19.5 Å². The lowest BCUT2D eigenvalue weighted by Crippen LogP contribution is -2.43. The molecule has 1 fully saturated rings. The largest absolute Gasteiger partial charge is 0.368 e. The van der Waals surface area contributed by atoms with Gasteiger partial charge in [0, 0.05) is 6.54 Å². The van der Waals surface area contributed by atoms with E-state index in [-0.39, 0.29) is 11.6 Å². The lowest BCUT2D eigenvalue weighted by atomic mass is 10.2. The molecular formula is C17H19N5O2. The molecule has 1 atom stereocenters. The van der Waals surface area contributed by atoms with Crippen molar-refractivity contribution in [2.24, 2.45) is 5.73 Å². The SMILES string of the molecule is NC(=O)[C@@H]1CCCN1C(=O)c1cn(CC=Cc2ccccc2)nn1. The second-order valence-corrected chi connectivity index (χ2v) is 5.70. The molecule has 2 aromatic rings. The van der Waals surface area contributed by atoms with Crippen molar-refractivity contribution in [3.63, 3.8) is 0 Å². The molecule has 0 bridgehead atoms. The number of allylic oxidation sites excluding steroid dienone is 1. The summed E-state index contributed by atoms with van der Waals surface area (Å²) in [6.07, 6.45) is 6.89. The Morgan fingerprint density at radius 3 is 2.83 bits per heavy atom. The molecule has 2 heterocycles. The van der Waals surface area contributed by atoms with Crippen molar-refractivity contribution < 1.29 is 9.59 Å². The maximum atomic E-state index is 12.5. The summed E-state index contributed by atoms with van der Waals surface area (Å²) in [6.45, 7) is 1.03. The van der Waals surface area contributed by atoms with Gasteiger partial charge in [0.2, 0.25) is 5.91 Å². The van der Waals surface area contributed by atoms with E-state index in [4.69, 9.17) is 5.73 Å². The third-order valence-corrected chi connectivity index (χ3v) is 4.00. The summed E-state index contributed by atoms with van der Waals surface area (Å²) < 4.78 is 1.59. The molecule has 124 valence electrons. The number of likely N-dealkylation sites (tertiary alicyclic amines) is 1. The van der Waals surface area contributed by atoms with E-state index in [0.717, 1.165) is 12.0 Å². The molecule has 1 aliphatic heterocycles. The van der Waals surface area contributed by atoms with Crippen molar-refractivity contribution in [1.82, 2.24) is 19.9 Å². The summed E-state index contributed by atoms with van der Waals surface area (Å²) in [6, 6.07) is 9.37. The number of amides is 2. The van der Waals surface area contributed by atoms with Gasteiger partial charge in [-0.25, -0.2) is 4.68 Å². The average molecular weight is 325 g/mol. The van der Waals surface area contributed by atoms with Crippen LogP contribution < -0.4 is 5.73 Å². The molecule has 0 saturated carbocycles. The molecule has 2 N–H and O–H groups in total. The first-order valence-electron chi connectivity index (χ1n) is 7.87. The van der Waals surface area contributed by atoms with Crippen molar-refractivity contribution in [2.75, 3.05) is 6.54 Å². The van der Waals surface area contributed by atoms with Crippen molar-refractivity contribution >= 4 is 17.9 Å². The molecule has 0 aliphatic carbocycles. The van der Waals surface area contributed by atoms with Crippen LogP contribution in [0.5, 0.6) is 0 Å². The van der Waals surface area contributed by atoms with E-state index in [9.17, 15) is 9.59 Å². The Hall–Kier alpha value is -2.96. The first kappa shape index (κ1) is 15.9. The van der Waals surface area contributed by atoms with Crippen LogP contribution in [0.3, 0.4) is 0 Å². The quantitative estimate of drug-likeness (QED) is 0.890. The van der Waals surface area contributed by atoms with Gasteiger partial charge in [-0.1, -0.05) is 47.7 Å².